The van der Waals surface area contributed by atoms with Crippen LogP contribution in [0.5, 0.6) is 0 Å². The summed E-state index contributed by atoms with van der Waals surface area (Å²) in [6, 6.07) is 6.21. The van der Waals surface area contributed by atoms with E-state index >= 15 is 0 Å². The van der Waals surface area contributed by atoms with E-state index in [1.54, 1.807) is 12.1 Å². The van der Waals surface area contributed by atoms with Gasteiger partial charge >= 0.3 is 5.69 Å². The number of benzene rings is 1. The summed E-state index contributed by atoms with van der Waals surface area (Å²) in [4.78, 5) is 26.2. The Bertz CT molecular complexity index is 1200. The van der Waals surface area contributed by atoms with Gasteiger partial charge in [0, 0.05) is 19.0 Å². The van der Waals surface area contributed by atoms with Crippen LogP contribution in [0.1, 0.15) is 30.2 Å². The molecule has 1 aromatic carbocycles. The summed E-state index contributed by atoms with van der Waals surface area (Å²) < 4.78 is 35.7. The van der Waals surface area contributed by atoms with Gasteiger partial charge in [-0.3, -0.25) is 18.5 Å². The van der Waals surface area contributed by atoms with Gasteiger partial charge in [0.05, 0.1) is 24.2 Å². The minimum atomic E-state index is -3.91. The summed E-state index contributed by atoms with van der Waals surface area (Å²) in [6.45, 7) is 1.22. The van der Waals surface area contributed by atoms with Gasteiger partial charge in [-0.05, 0) is 19.1 Å². The molecule has 1 aliphatic heterocycles. The number of nitrogens with zero attached hydrogens (tertiary/aromatic N) is 1. The number of hydrogen-bond donors (Lipinski definition) is 3. The zero-order chi connectivity index (χ0) is 22.6. The fourth-order valence-corrected chi connectivity index (χ4v) is 3.88. The van der Waals surface area contributed by atoms with Crippen LogP contribution in [0, 0.1) is 18.8 Å². The van der Waals surface area contributed by atoms with Crippen molar-refractivity contribution in [3.8, 4) is 11.8 Å². The van der Waals surface area contributed by atoms with Gasteiger partial charge in [-0.1, -0.05) is 29.5 Å². The predicted octanol–water partition coefficient (Wildman–Crippen LogP) is -0.367. The number of ether oxygens (including phenoxy) is 1. The van der Waals surface area contributed by atoms with Gasteiger partial charge in [0.15, 0.2) is 0 Å². The minimum absolute atomic E-state index is 0.0227. The first-order valence-corrected chi connectivity index (χ1v) is 10.9. The molecule has 0 radical (unpaired) electrons. The number of aromatic amines is 1. The normalized spacial score (nSPS) is 20.9. The lowest BCUT2D eigenvalue weighted by atomic mass is 10.2. The standard InChI is InChI=1S/C20H22N2O8S/c1-13-5-7-15(8-6-13)31(27,28)29-9-3-2-4-14-11-22(20(26)21-19(14)25)18-10-16(24)17(12-23)30-18/h5-8,11,16-18,23-24H,3,9-10,12H2,1H3,(H,21,25,26)/t16-,17+,18+/m0/s1. The first kappa shape index (κ1) is 22.9. The molecule has 1 saturated heterocycles. The van der Waals surface area contributed by atoms with Crippen molar-refractivity contribution in [2.75, 3.05) is 13.2 Å². The Morgan fingerprint density at radius 1 is 1.29 bits per heavy atom. The maximum Gasteiger partial charge on any atom is 0.330 e. The smallest absolute Gasteiger partial charge is 0.330 e. The third-order valence-corrected chi connectivity index (χ3v) is 5.99. The molecule has 1 aromatic heterocycles. The fraction of sp³-hybridized carbons (Fsp3) is 0.400. The highest BCUT2D eigenvalue weighted by molar-refractivity contribution is 7.86. The lowest BCUT2D eigenvalue weighted by Crippen LogP contribution is -2.33. The Balaban J connectivity index is 1.66. The maximum atomic E-state index is 12.1. The third-order valence-electron chi connectivity index (χ3n) is 4.66. The van der Waals surface area contributed by atoms with Crippen LogP contribution in [0.25, 0.3) is 0 Å². The molecule has 0 aliphatic carbocycles. The minimum Gasteiger partial charge on any atom is -0.394 e. The quantitative estimate of drug-likeness (QED) is 0.307. The van der Waals surface area contributed by atoms with E-state index in [1.807, 2.05) is 6.92 Å². The summed E-state index contributed by atoms with van der Waals surface area (Å²) >= 11 is 0. The van der Waals surface area contributed by atoms with Crippen molar-refractivity contribution in [1.29, 1.82) is 0 Å². The van der Waals surface area contributed by atoms with Crippen LogP contribution in [0.4, 0.5) is 0 Å². The van der Waals surface area contributed by atoms with Crippen LogP contribution in [0.15, 0.2) is 44.9 Å². The van der Waals surface area contributed by atoms with Gasteiger partial charge in [-0.2, -0.15) is 8.42 Å². The summed E-state index contributed by atoms with van der Waals surface area (Å²) in [5.41, 5.74) is -0.564. The van der Waals surface area contributed by atoms with Crippen molar-refractivity contribution in [3.63, 3.8) is 0 Å². The SMILES string of the molecule is Cc1ccc(S(=O)(=O)OCCC#Cc2cn([C@H]3C[C@H](O)[C@@H](CO)O3)c(=O)[nH]c2=O)cc1. The van der Waals surface area contributed by atoms with Crippen molar-refractivity contribution < 1.29 is 27.6 Å². The van der Waals surface area contributed by atoms with E-state index in [0.29, 0.717) is 0 Å². The zero-order valence-corrected chi connectivity index (χ0v) is 17.5. The van der Waals surface area contributed by atoms with Crippen LogP contribution < -0.4 is 11.2 Å². The summed E-state index contributed by atoms with van der Waals surface area (Å²) in [6.07, 6.45) is -1.35. The predicted molar refractivity (Wildman–Crippen MR) is 109 cm³/mol. The molecule has 2 aromatic rings. The van der Waals surface area contributed by atoms with Gasteiger partial charge < -0.3 is 14.9 Å². The highest BCUT2D eigenvalue weighted by atomic mass is 32.2. The summed E-state index contributed by atoms with van der Waals surface area (Å²) in [5.74, 6) is 5.21. The fourth-order valence-electron chi connectivity index (χ4n) is 2.97. The molecular formula is C20H22N2O8S. The molecule has 3 N–H and O–H groups in total. The van der Waals surface area contributed by atoms with Gasteiger partial charge in [0.2, 0.25) is 0 Å². The van der Waals surface area contributed by atoms with Gasteiger partial charge in [0.1, 0.15) is 17.9 Å². The molecule has 1 aliphatic rings. The zero-order valence-electron chi connectivity index (χ0n) is 16.6. The van der Waals surface area contributed by atoms with Crippen LogP contribution in [0.2, 0.25) is 0 Å². The average Bonchev–Trinajstić information content (AvgIpc) is 3.09. The molecule has 2 heterocycles. The lowest BCUT2D eigenvalue weighted by molar-refractivity contribution is -0.0459. The second-order valence-electron chi connectivity index (χ2n) is 6.97. The van der Waals surface area contributed by atoms with Crippen LogP contribution in [0.3, 0.4) is 0 Å². The Morgan fingerprint density at radius 3 is 2.65 bits per heavy atom. The van der Waals surface area contributed by atoms with Crippen LogP contribution in [-0.2, 0) is 19.0 Å². The van der Waals surface area contributed by atoms with E-state index in [2.05, 4.69) is 16.8 Å². The van der Waals surface area contributed by atoms with E-state index in [-0.39, 0.29) is 29.9 Å². The molecule has 10 nitrogen and oxygen atoms in total. The Morgan fingerprint density at radius 2 is 2.00 bits per heavy atom. The number of H-pyrrole nitrogens is 1. The monoisotopic (exact) mass is 450 g/mol. The molecule has 0 saturated carbocycles. The maximum absolute atomic E-state index is 12.1. The highest BCUT2D eigenvalue weighted by Crippen LogP contribution is 2.27. The van der Waals surface area contributed by atoms with Gasteiger partial charge in [-0.15, -0.1) is 0 Å². The molecule has 31 heavy (non-hydrogen) atoms. The van der Waals surface area contributed by atoms with E-state index in [4.69, 9.17) is 8.92 Å². The molecule has 11 heteroatoms. The molecule has 1 fully saturated rings. The molecular weight excluding hydrogens is 428 g/mol. The van der Waals surface area contributed by atoms with Crippen molar-refractivity contribution in [2.45, 2.75) is 43.1 Å². The first-order valence-electron chi connectivity index (χ1n) is 9.46. The molecule has 166 valence electrons. The first-order chi connectivity index (χ1) is 14.7. The Kier molecular flexibility index (Phi) is 7.09. The number of aryl methyl sites for hydroxylation is 1. The topological polar surface area (TPSA) is 148 Å². The Hall–Kier alpha value is -2.75. The largest absolute Gasteiger partial charge is 0.394 e. The highest BCUT2D eigenvalue weighted by Gasteiger charge is 2.35. The molecule has 3 rings (SSSR count). The number of aliphatic hydroxyl groups is 2. The molecule has 0 unspecified atom stereocenters. The average molecular weight is 450 g/mol. The van der Waals surface area contributed by atoms with E-state index in [1.165, 1.54) is 18.3 Å². The molecule has 3 atom stereocenters. The van der Waals surface area contributed by atoms with E-state index in [0.717, 1.165) is 10.1 Å². The lowest BCUT2D eigenvalue weighted by Gasteiger charge is -2.14. The van der Waals surface area contributed by atoms with Gasteiger partial charge in [-0.25, -0.2) is 4.79 Å². The number of rotatable bonds is 6. The third kappa shape index (κ3) is 5.49. The van der Waals surface area contributed by atoms with Crippen LogP contribution in [-0.4, -0.2) is 53.6 Å². The second kappa shape index (κ2) is 9.59. The Labute approximate surface area is 178 Å². The summed E-state index contributed by atoms with van der Waals surface area (Å²) in [5, 5.41) is 19.0. The molecule has 0 spiro atoms. The second-order valence-corrected chi connectivity index (χ2v) is 8.58. The number of aromatic nitrogens is 2. The molecule has 0 bridgehead atoms. The number of hydrogen-bond acceptors (Lipinski definition) is 8. The van der Waals surface area contributed by atoms with Crippen molar-refractivity contribution in [1.82, 2.24) is 9.55 Å². The van der Waals surface area contributed by atoms with Gasteiger partial charge in [0.25, 0.3) is 15.7 Å². The van der Waals surface area contributed by atoms with Crippen molar-refractivity contribution in [3.05, 3.63) is 62.4 Å². The van der Waals surface area contributed by atoms with Crippen LogP contribution >= 0.6 is 0 Å². The number of aliphatic hydroxyl groups excluding tert-OH is 2. The molecule has 0 amide bonds. The van der Waals surface area contributed by atoms with Crippen molar-refractivity contribution in [2.24, 2.45) is 0 Å². The van der Waals surface area contributed by atoms with E-state index in [9.17, 15) is 28.2 Å². The number of nitrogens with one attached hydrogen (secondary N) is 1. The summed E-state index contributed by atoms with van der Waals surface area (Å²) in [7, 11) is -3.91. The van der Waals surface area contributed by atoms with E-state index < -0.39 is 46.4 Å². The van der Waals surface area contributed by atoms with Crippen molar-refractivity contribution >= 4 is 10.1 Å².